The first-order valence-corrected chi connectivity index (χ1v) is 7.10. The second-order valence-electron chi connectivity index (χ2n) is 4.89. The number of nitrogen functional groups attached to an aromatic ring is 1. The van der Waals surface area contributed by atoms with Gasteiger partial charge in [-0.05, 0) is 30.7 Å². The molecule has 0 saturated heterocycles. The monoisotopic (exact) mass is 318 g/mol. The third-order valence-corrected chi connectivity index (χ3v) is 4.29. The van der Waals surface area contributed by atoms with Crippen molar-refractivity contribution in [1.29, 1.82) is 0 Å². The molecule has 0 aliphatic rings. The number of nitrogens with one attached hydrogen (secondary N) is 1. The fourth-order valence-corrected chi connectivity index (χ4v) is 2.78. The Morgan fingerprint density at radius 2 is 2.00 bits per heavy atom. The highest BCUT2D eigenvalue weighted by Gasteiger charge is 2.17. The van der Waals surface area contributed by atoms with Crippen LogP contribution in [0, 0.1) is 6.92 Å². The zero-order valence-corrected chi connectivity index (χ0v) is 12.7. The number of halogens is 2. The maximum absolute atomic E-state index is 12.7. The van der Waals surface area contributed by atoms with Crippen LogP contribution in [0.25, 0.3) is 10.9 Å². The lowest BCUT2D eigenvalue weighted by molar-refractivity contribution is 0.104. The van der Waals surface area contributed by atoms with Crippen molar-refractivity contribution in [2.24, 2.45) is 0 Å². The summed E-state index contributed by atoms with van der Waals surface area (Å²) in [6.07, 6.45) is 1.71. The van der Waals surface area contributed by atoms with Gasteiger partial charge in [0, 0.05) is 28.2 Å². The Balaban J connectivity index is 2.17. The Labute approximate surface area is 131 Å². The van der Waals surface area contributed by atoms with E-state index in [9.17, 15) is 4.79 Å². The van der Waals surface area contributed by atoms with Crippen LogP contribution < -0.4 is 5.73 Å². The molecule has 2 aromatic carbocycles. The van der Waals surface area contributed by atoms with Crippen LogP contribution in [0.5, 0.6) is 0 Å². The summed E-state index contributed by atoms with van der Waals surface area (Å²) in [5.41, 5.74) is 9.05. The molecule has 0 bridgehead atoms. The van der Waals surface area contributed by atoms with Crippen molar-refractivity contribution in [3.8, 4) is 0 Å². The number of aryl methyl sites for hydroxylation is 1. The van der Waals surface area contributed by atoms with E-state index in [1.54, 1.807) is 18.3 Å². The van der Waals surface area contributed by atoms with Gasteiger partial charge in [0.15, 0.2) is 5.78 Å². The predicted molar refractivity (Wildman–Crippen MR) is 87.3 cm³/mol. The highest BCUT2D eigenvalue weighted by molar-refractivity contribution is 6.44. The van der Waals surface area contributed by atoms with Gasteiger partial charge in [0.05, 0.1) is 15.7 Å². The Morgan fingerprint density at radius 1 is 1.24 bits per heavy atom. The molecule has 0 amide bonds. The van der Waals surface area contributed by atoms with Crippen LogP contribution in [0.2, 0.25) is 10.0 Å². The second kappa shape index (κ2) is 5.10. The Hall–Kier alpha value is -1.97. The summed E-state index contributed by atoms with van der Waals surface area (Å²) in [5.74, 6) is -0.138. The summed E-state index contributed by atoms with van der Waals surface area (Å²) in [5, 5.41) is 1.45. The molecule has 3 rings (SSSR count). The van der Waals surface area contributed by atoms with Crippen molar-refractivity contribution in [1.82, 2.24) is 4.98 Å². The van der Waals surface area contributed by atoms with Crippen molar-refractivity contribution in [3.63, 3.8) is 0 Å². The largest absolute Gasteiger partial charge is 0.397 e. The second-order valence-corrected chi connectivity index (χ2v) is 5.68. The van der Waals surface area contributed by atoms with Gasteiger partial charge in [-0.3, -0.25) is 4.79 Å². The van der Waals surface area contributed by atoms with Gasteiger partial charge < -0.3 is 10.7 Å². The predicted octanol–water partition coefficient (Wildman–Crippen LogP) is 4.60. The van der Waals surface area contributed by atoms with E-state index in [1.807, 2.05) is 25.1 Å². The van der Waals surface area contributed by atoms with E-state index < -0.39 is 0 Å². The van der Waals surface area contributed by atoms with Gasteiger partial charge in [0.2, 0.25) is 0 Å². The number of nitrogens with two attached hydrogens (primary N) is 1. The first-order chi connectivity index (χ1) is 9.99. The van der Waals surface area contributed by atoms with E-state index in [2.05, 4.69) is 4.98 Å². The first-order valence-electron chi connectivity index (χ1n) is 6.35. The summed E-state index contributed by atoms with van der Waals surface area (Å²) >= 11 is 11.9. The van der Waals surface area contributed by atoms with Gasteiger partial charge in [-0.2, -0.15) is 0 Å². The van der Waals surface area contributed by atoms with Gasteiger partial charge in [0.25, 0.3) is 0 Å². The van der Waals surface area contributed by atoms with Crippen molar-refractivity contribution < 1.29 is 4.79 Å². The van der Waals surface area contributed by atoms with E-state index >= 15 is 0 Å². The fourth-order valence-electron chi connectivity index (χ4n) is 2.44. The highest BCUT2D eigenvalue weighted by Crippen LogP contribution is 2.31. The highest BCUT2D eigenvalue weighted by atomic mass is 35.5. The van der Waals surface area contributed by atoms with Gasteiger partial charge >= 0.3 is 0 Å². The number of rotatable bonds is 2. The number of benzene rings is 2. The zero-order chi connectivity index (χ0) is 15.1. The first kappa shape index (κ1) is 14.0. The molecule has 0 saturated carbocycles. The Bertz CT molecular complexity index is 845. The minimum Gasteiger partial charge on any atom is -0.397 e. The van der Waals surface area contributed by atoms with Crippen LogP contribution in [0.1, 0.15) is 21.5 Å². The lowest BCUT2D eigenvalue weighted by atomic mass is 10.00. The van der Waals surface area contributed by atoms with Crippen molar-refractivity contribution in [2.75, 3.05) is 5.73 Å². The van der Waals surface area contributed by atoms with Crippen molar-refractivity contribution >= 4 is 45.6 Å². The zero-order valence-electron chi connectivity index (χ0n) is 11.2. The van der Waals surface area contributed by atoms with E-state index in [-0.39, 0.29) is 15.8 Å². The van der Waals surface area contributed by atoms with E-state index in [4.69, 9.17) is 28.9 Å². The van der Waals surface area contributed by atoms with Crippen LogP contribution in [0.4, 0.5) is 5.69 Å². The Kier molecular flexibility index (Phi) is 3.40. The van der Waals surface area contributed by atoms with Crippen molar-refractivity contribution in [2.45, 2.75) is 6.92 Å². The molecule has 3 aromatic rings. The number of carbonyl (C=O) groups is 1. The molecule has 0 unspecified atom stereocenters. The van der Waals surface area contributed by atoms with Crippen LogP contribution in [-0.2, 0) is 0 Å². The summed E-state index contributed by atoms with van der Waals surface area (Å²) < 4.78 is 0. The molecule has 0 aliphatic heterocycles. The number of hydrogen-bond donors (Lipinski definition) is 2. The van der Waals surface area contributed by atoms with Gasteiger partial charge in [-0.1, -0.05) is 35.3 Å². The number of carbonyl (C=O) groups excluding carboxylic acids is 1. The summed E-state index contributed by atoms with van der Waals surface area (Å²) in [6, 6.07) is 8.94. The Morgan fingerprint density at radius 3 is 2.71 bits per heavy atom. The third kappa shape index (κ3) is 2.28. The SMILES string of the molecule is Cc1cccc2[nH]cc(C(=O)c3cc(N)c(Cl)c(Cl)c3)c12. The number of aromatic nitrogens is 1. The molecule has 0 aliphatic carbocycles. The topological polar surface area (TPSA) is 58.9 Å². The number of ketones is 1. The number of H-pyrrole nitrogens is 1. The maximum atomic E-state index is 12.7. The smallest absolute Gasteiger partial charge is 0.195 e. The van der Waals surface area contributed by atoms with Crippen LogP contribution in [-0.4, -0.2) is 10.8 Å². The summed E-state index contributed by atoms with van der Waals surface area (Å²) in [6.45, 7) is 1.97. The maximum Gasteiger partial charge on any atom is 0.195 e. The number of anilines is 1. The van der Waals surface area contributed by atoms with Crippen LogP contribution >= 0.6 is 23.2 Å². The fraction of sp³-hybridized carbons (Fsp3) is 0.0625. The van der Waals surface area contributed by atoms with Gasteiger partial charge in [-0.15, -0.1) is 0 Å². The molecule has 21 heavy (non-hydrogen) atoms. The minimum atomic E-state index is -0.138. The molecule has 0 fully saturated rings. The summed E-state index contributed by atoms with van der Waals surface area (Å²) in [4.78, 5) is 15.8. The standard InChI is InChI=1S/C16H12Cl2N2O/c1-8-3-2-4-13-14(8)10(7-20-13)16(21)9-5-11(17)15(18)12(19)6-9/h2-7,20H,19H2,1H3. The van der Waals surface area contributed by atoms with Gasteiger partial charge in [0.1, 0.15) is 0 Å². The normalized spacial score (nSPS) is 11.0. The molecular weight excluding hydrogens is 307 g/mol. The average molecular weight is 319 g/mol. The molecule has 5 heteroatoms. The van der Waals surface area contributed by atoms with Crippen LogP contribution in [0.15, 0.2) is 36.5 Å². The van der Waals surface area contributed by atoms with Crippen LogP contribution in [0.3, 0.4) is 0 Å². The molecule has 3 N–H and O–H groups in total. The quantitative estimate of drug-likeness (QED) is 0.536. The molecule has 0 atom stereocenters. The molecule has 1 heterocycles. The average Bonchev–Trinajstić information content (AvgIpc) is 2.89. The number of fused-ring (bicyclic) bond motifs is 1. The number of aromatic amines is 1. The molecule has 3 nitrogen and oxygen atoms in total. The molecule has 0 radical (unpaired) electrons. The van der Waals surface area contributed by atoms with E-state index in [0.717, 1.165) is 16.5 Å². The minimum absolute atomic E-state index is 0.138. The van der Waals surface area contributed by atoms with Crippen molar-refractivity contribution in [3.05, 3.63) is 63.3 Å². The summed E-state index contributed by atoms with van der Waals surface area (Å²) in [7, 11) is 0. The molecule has 1 aromatic heterocycles. The lowest BCUT2D eigenvalue weighted by Crippen LogP contribution is -2.02. The number of hydrogen-bond acceptors (Lipinski definition) is 2. The lowest BCUT2D eigenvalue weighted by Gasteiger charge is -2.06. The third-order valence-electron chi connectivity index (χ3n) is 3.48. The van der Waals surface area contributed by atoms with E-state index in [1.165, 1.54) is 0 Å². The molecule has 106 valence electrons. The van der Waals surface area contributed by atoms with Gasteiger partial charge in [-0.25, -0.2) is 0 Å². The molecule has 0 spiro atoms. The van der Waals surface area contributed by atoms with E-state index in [0.29, 0.717) is 16.8 Å². The molecular formula is C16H12Cl2N2O.